The summed E-state index contributed by atoms with van der Waals surface area (Å²) in [6, 6.07) is 4.09. The standard InChI is InChI=1S/C26H39NO11/c1-9-24(4,5)37-22(31)35-18-12-11-17(13-19(18)36-23(32)38-25(6,7)10-2)15-26(27,20(28)29)14-16(3)34-21(30)33-8/h11-13,16H,9-10,14-15,27H2,1-8H3,(H,28,29)/t16-,26?/m0/s1. The highest BCUT2D eigenvalue weighted by molar-refractivity contribution is 5.79. The van der Waals surface area contributed by atoms with Crippen LogP contribution in [0, 0.1) is 0 Å². The summed E-state index contributed by atoms with van der Waals surface area (Å²) < 4.78 is 30.6. The first-order chi connectivity index (χ1) is 17.5. The van der Waals surface area contributed by atoms with Crippen molar-refractivity contribution in [3.8, 4) is 11.5 Å². The third-order valence-electron chi connectivity index (χ3n) is 5.88. The molecule has 0 aromatic heterocycles. The molecular formula is C26H39NO11. The molecule has 1 aromatic rings. The fraction of sp³-hybridized carbons (Fsp3) is 0.615. The van der Waals surface area contributed by atoms with Crippen molar-refractivity contribution < 1.29 is 52.7 Å². The lowest BCUT2D eigenvalue weighted by Crippen LogP contribution is -2.52. The molecule has 2 atom stereocenters. The van der Waals surface area contributed by atoms with Crippen LogP contribution in [0.3, 0.4) is 0 Å². The Bertz CT molecular complexity index is 1000. The number of carbonyl (C=O) groups excluding carboxylic acids is 3. The van der Waals surface area contributed by atoms with E-state index in [1.165, 1.54) is 25.1 Å². The summed E-state index contributed by atoms with van der Waals surface area (Å²) in [5, 5.41) is 9.82. The number of hydrogen-bond donors (Lipinski definition) is 2. The van der Waals surface area contributed by atoms with Gasteiger partial charge in [0.15, 0.2) is 11.5 Å². The van der Waals surface area contributed by atoms with E-state index in [1.54, 1.807) is 27.7 Å². The van der Waals surface area contributed by atoms with Crippen LogP contribution in [-0.2, 0) is 30.2 Å². The quantitative estimate of drug-likeness (QED) is 0.207. The maximum Gasteiger partial charge on any atom is 0.514 e. The van der Waals surface area contributed by atoms with Gasteiger partial charge < -0.3 is 39.3 Å². The fourth-order valence-corrected chi connectivity index (χ4v) is 3.01. The first-order valence-corrected chi connectivity index (χ1v) is 12.2. The number of carboxylic acids is 1. The summed E-state index contributed by atoms with van der Waals surface area (Å²) in [4.78, 5) is 48.3. The Morgan fingerprint density at radius 1 is 0.895 bits per heavy atom. The molecule has 1 unspecified atom stereocenters. The number of carbonyl (C=O) groups is 4. The number of nitrogens with two attached hydrogens (primary N) is 1. The van der Waals surface area contributed by atoms with Gasteiger partial charge in [0, 0.05) is 12.8 Å². The molecule has 12 heteroatoms. The van der Waals surface area contributed by atoms with Crippen LogP contribution in [0.5, 0.6) is 11.5 Å². The molecule has 12 nitrogen and oxygen atoms in total. The Hall–Kier alpha value is -3.54. The van der Waals surface area contributed by atoms with E-state index in [0.29, 0.717) is 18.4 Å². The van der Waals surface area contributed by atoms with Crippen LogP contribution in [0.4, 0.5) is 14.4 Å². The van der Waals surface area contributed by atoms with Crippen molar-refractivity contribution >= 4 is 24.4 Å². The maximum absolute atomic E-state index is 12.5. The van der Waals surface area contributed by atoms with E-state index in [2.05, 4.69) is 4.74 Å². The van der Waals surface area contributed by atoms with Crippen LogP contribution in [0.1, 0.15) is 73.3 Å². The highest BCUT2D eigenvalue weighted by Gasteiger charge is 2.37. The van der Waals surface area contributed by atoms with Gasteiger partial charge in [-0.3, -0.25) is 4.79 Å². The van der Waals surface area contributed by atoms with Crippen LogP contribution in [0.25, 0.3) is 0 Å². The number of benzene rings is 1. The maximum atomic E-state index is 12.5. The predicted molar refractivity (Wildman–Crippen MR) is 135 cm³/mol. The number of hydrogen-bond acceptors (Lipinski definition) is 11. The zero-order valence-corrected chi connectivity index (χ0v) is 23.2. The first-order valence-electron chi connectivity index (χ1n) is 12.2. The lowest BCUT2D eigenvalue weighted by molar-refractivity contribution is -0.144. The molecule has 214 valence electrons. The van der Waals surface area contributed by atoms with Gasteiger partial charge in [0.05, 0.1) is 7.11 Å². The Morgan fingerprint density at radius 2 is 1.39 bits per heavy atom. The summed E-state index contributed by atoms with van der Waals surface area (Å²) in [5.74, 6) is -1.72. The van der Waals surface area contributed by atoms with Crippen molar-refractivity contribution in [1.82, 2.24) is 0 Å². The topological polar surface area (TPSA) is 170 Å². The normalized spacial score (nSPS) is 13.9. The van der Waals surface area contributed by atoms with Crippen molar-refractivity contribution in [2.75, 3.05) is 7.11 Å². The Kier molecular flexibility index (Phi) is 11.4. The van der Waals surface area contributed by atoms with Crippen LogP contribution in [-0.4, -0.2) is 59.5 Å². The molecule has 0 saturated heterocycles. The highest BCUT2D eigenvalue weighted by atomic mass is 16.8. The number of aliphatic carboxylic acids is 1. The van der Waals surface area contributed by atoms with Gasteiger partial charge in [-0.2, -0.15) is 0 Å². The average molecular weight is 542 g/mol. The summed E-state index contributed by atoms with van der Waals surface area (Å²) >= 11 is 0. The van der Waals surface area contributed by atoms with Crippen LogP contribution in [0.2, 0.25) is 0 Å². The van der Waals surface area contributed by atoms with Gasteiger partial charge in [-0.05, 0) is 65.2 Å². The highest BCUT2D eigenvalue weighted by Crippen LogP contribution is 2.32. The predicted octanol–water partition coefficient (Wildman–Crippen LogP) is 4.98. The fourth-order valence-electron chi connectivity index (χ4n) is 3.01. The van der Waals surface area contributed by atoms with Gasteiger partial charge in [0.1, 0.15) is 22.8 Å². The van der Waals surface area contributed by atoms with Crippen LogP contribution in [0.15, 0.2) is 18.2 Å². The second kappa shape index (κ2) is 13.3. The van der Waals surface area contributed by atoms with E-state index >= 15 is 0 Å². The van der Waals surface area contributed by atoms with Gasteiger partial charge in [0.2, 0.25) is 0 Å². The van der Waals surface area contributed by atoms with Crippen LogP contribution >= 0.6 is 0 Å². The second-order valence-corrected chi connectivity index (χ2v) is 10.1. The van der Waals surface area contributed by atoms with Gasteiger partial charge in [-0.25, -0.2) is 14.4 Å². The Labute approximate surface area is 222 Å². The number of rotatable bonds is 12. The second-order valence-electron chi connectivity index (χ2n) is 10.1. The van der Waals surface area contributed by atoms with E-state index in [1.807, 2.05) is 13.8 Å². The molecular weight excluding hydrogens is 502 g/mol. The van der Waals surface area contributed by atoms with E-state index < -0.39 is 47.3 Å². The smallest absolute Gasteiger partial charge is 0.480 e. The molecule has 0 aliphatic heterocycles. The Balaban J connectivity index is 3.30. The van der Waals surface area contributed by atoms with Crippen molar-refractivity contribution in [1.29, 1.82) is 0 Å². The van der Waals surface area contributed by atoms with E-state index in [4.69, 9.17) is 29.4 Å². The van der Waals surface area contributed by atoms with E-state index in [-0.39, 0.29) is 24.3 Å². The summed E-state index contributed by atoms with van der Waals surface area (Å²) in [7, 11) is 1.12. The van der Waals surface area contributed by atoms with Crippen molar-refractivity contribution in [2.24, 2.45) is 5.73 Å². The SMILES string of the molecule is CCC(C)(C)OC(=O)Oc1ccc(CC(N)(C[C@H](C)OC(=O)OC)C(=O)O)cc1OC(=O)OC(C)(C)CC. The minimum atomic E-state index is -1.87. The minimum absolute atomic E-state index is 0.155. The lowest BCUT2D eigenvalue weighted by Gasteiger charge is -2.28. The Morgan fingerprint density at radius 3 is 1.84 bits per heavy atom. The molecule has 1 rings (SSSR count). The molecule has 0 saturated carbocycles. The minimum Gasteiger partial charge on any atom is -0.480 e. The molecule has 0 spiro atoms. The molecule has 0 amide bonds. The summed E-state index contributed by atoms with van der Waals surface area (Å²) in [6.07, 6.45) is -3.42. The molecule has 0 bridgehead atoms. The zero-order chi connectivity index (χ0) is 29.3. The lowest BCUT2D eigenvalue weighted by atomic mass is 9.86. The molecule has 0 aliphatic carbocycles. The molecule has 3 N–H and O–H groups in total. The molecule has 0 radical (unpaired) electrons. The molecule has 0 heterocycles. The summed E-state index contributed by atoms with van der Waals surface area (Å²) in [5.41, 5.74) is 3.00. The third kappa shape index (κ3) is 10.4. The summed E-state index contributed by atoms with van der Waals surface area (Å²) in [6.45, 7) is 11.9. The van der Waals surface area contributed by atoms with Crippen molar-refractivity contribution in [2.45, 2.75) is 97.0 Å². The number of methoxy groups -OCH3 is 1. The number of ether oxygens (including phenoxy) is 6. The van der Waals surface area contributed by atoms with Crippen molar-refractivity contribution in [3.05, 3.63) is 23.8 Å². The van der Waals surface area contributed by atoms with E-state index in [9.17, 15) is 24.3 Å². The molecule has 0 aliphatic rings. The monoisotopic (exact) mass is 541 g/mol. The van der Waals surface area contributed by atoms with Gasteiger partial charge >= 0.3 is 24.4 Å². The average Bonchev–Trinajstić information content (AvgIpc) is 2.79. The zero-order valence-electron chi connectivity index (χ0n) is 23.2. The van der Waals surface area contributed by atoms with Crippen LogP contribution < -0.4 is 15.2 Å². The van der Waals surface area contributed by atoms with Gasteiger partial charge in [-0.1, -0.05) is 19.9 Å². The molecule has 1 aromatic carbocycles. The first kappa shape index (κ1) is 32.5. The largest absolute Gasteiger partial charge is 0.514 e. The molecule has 38 heavy (non-hydrogen) atoms. The van der Waals surface area contributed by atoms with Gasteiger partial charge in [0.25, 0.3) is 0 Å². The van der Waals surface area contributed by atoms with Gasteiger partial charge in [-0.15, -0.1) is 0 Å². The van der Waals surface area contributed by atoms with Crippen molar-refractivity contribution in [3.63, 3.8) is 0 Å². The molecule has 0 fully saturated rings. The van der Waals surface area contributed by atoms with E-state index in [0.717, 1.165) is 7.11 Å². The third-order valence-corrected chi connectivity index (χ3v) is 5.88. The number of carboxylic acid groups (broad SMARTS) is 1.